The number of thioether (sulfide) groups is 1. The van der Waals surface area contributed by atoms with Gasteiger partial charge in [-0.25, -0.2) is 0 Å². The number of rotatable bonds is 7. The molecule has 1 aliphatic rings. The molecule has 26 heavy (non-hydrogen) atoms. The van der Waals surface area contributed by atoms with Gasteiger partial charge in [0, 0.05) is 13.0 Å². The van der Waals surface area contributed by atoms with Crippen molar-refractivity contribution in [2.75, 3.05) is 0 Å². The average Bonchev–Trinajstić information content (AvgIpc) is 2.88. The topological polar surface area (TPSA) is 59.8 Å². The van der Waals surface area contributed by atoms with Crippen molar-refractivity contribution in [3.63, 3.8) is 0 Å². The Bertz CT molecular complexity index is 716. The van der Waals surface area contributed by atoms with Crippen LogP contribution in [0, 0.1) is 0 Å². The van der Waals surface area contributed by atoms with E-state index in [0.717, 1.165) is 48.8 Å². The number of aryl methyl sites for hydroxylation is 1. The van der Waals surface area contributed by atoms with Gasteiger partial charge in [0.1, 0.15) is 5.82 Å². The third-order valence-corrected chi connectivity index (χ3v) is 5.90. The number of aromatic nitrogens is 3. The Morgan fingerprint density at radius 2 is 2.04 bits per heavy atom. The van der Waals surface area contributed by atoms with E-state index in [4.69, 9.17) is 0 Å². The molecule has 0 bridgehead atoms. The standard InChI is InChI=1S/C20H28N4OS/c1-3-10-17(16-11-6-4-7-12-16)21-19(25)15(2)26-20-23-22-18-13-8-5-9-14-24(18)20/h4,6-7,11-12,15,17H,3,5,8-10,13-14H2,1-2H3,(H,21,25)/t15-,17+/m0/s1. The molecule has 1 aliphatic heterocycles. The minimum absolute atomic E-state index is 0.0586. The molecular formula is C20H28N4OS. The Morgan fingerprint density at radius 3 is 2.81 bits per heavy atom. The Morgan fingerprint density at radius 1 is 1.23 bits per heavy atom. The van der Waals surface area contributed by atoms with Gasteiger partial charge in [-0.3, -0.25) is 4.79 Å². The lowest BCUT2D eigenvalue weighted by Crippen LogP contribution is -2.34. The lowest BCUT2D eigenvalue weighted by atomic mass is 10.0. The fourth-order valence-electron chi connectivity index (χ4n) is 3.34. The molecule has 2 atom stereocenters. The molecule has 0 unspecified atom stereocenters. The van der Waals surface area contributed by atoms with Crippen LogP contribution in [0.25, 0.3) is 0 Å². The van der Waals surface area contributed by atoms with Gasteiger partial charge in [-0.15, -0.1) is 10.2 Å². The summed E-state index contributed by atoms with van der Waals surface area (Å²) in [4.78, 5) is 12.8. The zero-order valence-corrected chi connectivity index (χ0v) is 16.5. The van der Waals surface area contributed by atoms with Gasteiger partial charge in [-0.2, -0.15) is 0 Å². The predicted molar refractivity (Wildman–Crippen MR) is 105 cm³/mol. The Labute approximate surface area is 160 Å². The molecule has 1 N–H and O–H groups in total. The second-order valence-electron chi connectivity index (χ2n) is 6.88. The zero-order chi connectivity index (χ0) is 18.4. The monoisotopic (exact) mass is 372 g/mol. The molecule has 2 heterocycles. The molecule has 6 heteroatoms. The van der Waals surface area contributed by atoms with E-state index in [2.05, 4.69) is 39.1 Å². The van der Waals surface area contributed by atoms with Crippen molar-refractivity contribution < 1.29 is 4.79 Å². The third-order valence-electron chi connectivity index (χ3n) is 4.82. The fourth-order valence-corrected chi connectivity index (χ4v) is 4.25. The molecule has 1 amide bonds. The maximum atomic E-state index is 12.8. The van der Waals surface area contributed by atoms with Gasteiger partial charge in [-0.05, 0) is 31.7 Å². The second kappa shape index (κ2) is 9.21. The minimum Gasteiger partial charge on any atom is -0.348 e. The first-order valence-corrected chi connectivity index (χ1v) is 10.5. The number of hydrogen-bond acceptors (Lipinski definition) is 4. The normalized spacial score (nSPS) is 16.4. The first-order valence-electron chi connectivity index (χ1n) is 9.63. The highest BCUT2D eigenvalue weighted by Gasteiger charge is 2.23. The maximum Gasteiger partial charge on any atom is 0.233 e. The molecule has 1 aromatic heterocycles. The number of benzene rings is 1. The molecule has 0 fully saturated rings. The zero-order valence-electron chi connectivity index (χ0n) is 15.6. The predicted octanol–water partition coefficient (Wildman–Crippen LogP) is 4.14. The Hall–Kier alpha value is -1.82. The van der Waals surface area contributed by atoms with Crippen LogP contribution >= 0.6 is 11.8 Å². The number of hydrogen-bond donors (Lipinski definition) is 1. The van der Waals surface area contributed by atoms with Gasteiger partial charge in [0.25, 0.3) is 0 Å². The maximum absolute atomic E-state index is 12.8. The van der Waals surface area contributed by atoms with Crippen LogP contribution in [-0.2, 0) is 17.8 Å². The van der Waals surface area contributed by atoms with E-state index in [1.54, 1.807) is 0 Å². The van der Waals surface area contributed by atoms with Crippen molar-refractivity contribution in [3.8, 4) is 0 Å². The molecule has 0 radical (unpaired) electrons. The van der Waals surface area contributed by atoms with Crippen molar-refractivity contribution in [1.29, 1.82) is 0 Å². The minimum atomic E-state index is -0.199. The van der Waals surface area contributed by atoms with Crippen LogP contribution in [0.15, 0.2) is 35.5 Å². The summed E-state index contributed by atoms with van der Waals surface area (Å²) in [5.41, 5.74) is 1.16. The summed E-state index contributed by atoms with van der Waals surface area (Å²) in [5, 5.41) is 12.6. The number of fused-ring (bicyclic) bond motifs is 1. The van der Waals surface area contributed by atoms with Gasteiger partial charge in [0.2, 0.25) is 5.91 Å². The SMILES string of the molecule is CCC[C@@H](NC(=O)[C@H](C)Sc1nnc2n1CCCCC2)c1ccccc1. The van der Waals surface area contributed by atoms with Crippen molar-refractivity contribution in [1.82, 2.24) is 20.1 Å². The first kappa shape index (κ1) is 19.0. The van der Waals surface area contributed by atoms with Crippen molar-refractivity contribution in [2.45, 2.75) is 75.4 Å². The van der Waals surface area contributed by atoms with Crippen LogP contribution in [0.5, 0.6) is 0 Å². The van der Waals surface area contributed by atoms with Gasteiger partial charge >= 0.3 is 0 Å². The number of carbonyl (C=O) groups is 1. The quantitative estimate of drug-likeness (QED) is 0.742. The number of nitrogens with zero attached hydrogens (tertiary/aromatic N) is 3. The summed E-state index contributed by atoms with van der Waals surface area (Å²) in [6.45, 7) is 5.06. The van der Waals surface area contributed by atoms with Gasteiger partial charge < -0.3 is 9.88 Å². The molecular weight excluding hydrogens is 344 g/mol. The largest absolute Gasteiger partial charge is 0.348 e. The van der Waals surface area contributed by atoms with E-state index >= 15 is 0 Å². The van der Waals surface area contributed by atoms with E-state index in [0.29, 0.717) is 0 Å². The lowest BCUT2D eigenvalue weighted by Gasteiger charge is -2.21. The smallest absolute Gasteiger partial charge is 0.233 e. The molecule has 0 saturated carbocycles. The van der Waals surface area contributed by atoms with Crippen LogP contribution in [0.4, 0.5) is 0 Å². The average molecular weight is 373 g/mol. The van der Waals surface area contributed by atoms with Gasteiger partial charge in [0.05, 0.1) is 11.3 Å². The molecule has 140 valence electrons. The van der Waals surface area contributed by atoms with E-state index in [9.17, 15) is 4.79 Å². The van der Waals surface area contributed by atoms with E-state index in [-0.39, 0.29) is 17.2 Å². The summed E-state index contributed by atoms with van der Waals surface area (Å²) in [6, 6.07) is 10.3. The van der Waals surface area contributed by atoms with Crippen LogP contribution < -0.4 is 5.32 Å². The van der Waals surface area contributed by atoms with Crippen LogP contribution in [-0.4, -0.2) is 25.9 Å². The molecule has 0 aliphatic carbocycles. The molecule has 1 aromatic carbocycles. The van der Waals surface area contributed by atoms with Crippen molar-refractivity contribution in [2.24, 2.45) is 0 Å². The van der Waals surface area contributed by atoms with E-state index < -0.39 is 0 Å². The van der Waals surface area contributed by atoms with Gasteiger partial charge in [0.15, 0.2) is 5.16 Å². The van der Waals surface area contributed by atoms with Crippen molar-refractivity contribution in [3.05, 3.63) is 41.7 Å². The van der Waals surface area contributed by atoms with Crippen LogP contribution in [0.3, 0.4) is 0 Å². The summed E-state index contributed by atoms with van der Waals surface area (Å²) in [6.07, 6.45) is 6.52. The number of nitrogens with one attached hydrogen (secondary N) is 1. The number of carbonyl (C=O) groups excluding carboxylic acids is 1. The van der Waals surface area contributed by atoms with Crippen LogP contribution in [0.1, 0.15) is 63.4 Å². The molecule has 0 spiro atoms. The highest BCUT2D eigenvalue weighted by molar-refractivity contribution is 8.00. The first-order chi connectivity index (χ1) is 12.7. The summed E-state index contributed by atoms with van der Waals surface area (Å²) in [5.74, 6) is 1.12. The highest BCUT2D eigenvalue weighted by atomic mass is 32.2. The second-order valence-corrected chi connectivity index (χ2v) is 8.19. The van der Waals surface area contributed by atoms with Crippen molar-refractivity contribution >= 4 is 17.7 Å². The Kier molecular flexibility index (Phi) is 6.72. The molecule has 5 nitrogen and oxygen atoms in total. The van der Waals surface area contributed by atoms with E-state index in [1.807, 2.05) is 25.1 Å². The lowest BCUT2D eigenvalue weighted by molar-refractivity contribution is -0.121. The number of amides is 1. The fraction of sp³-hybridized carbons (Fsp3) is 0.550. The summed E-state index contributed by atoms with van der Waals surface area (Å²) < 4.78 is 2.20. The Balaban J connectivity index is 1.65. The van der Waals surface area contributed by atoms with E-state index in [1.165, 1.54) is 24.6 Å². The van der Waals surface area contributed by atoms with Crippen LogP contribution in [0.2, 0.25) is 0 Å². The third kappa shape index (κ3) is 4.67. The van der Waals surface area contributed by atoms with Gasteiger partial charge in [-0.1, -0.05) is 61.9 Å². The summed E-state index contributed by atoms with van der Waals surface area (Å²) in [7, 11) is 0. The molecule has 3 rings (SSSR count). The summed E-state index contributed by atoms with van der Waals surface area (Å²) >= 11 is 1.51. The molecule has 0 saturated heterocycles. The molecule has 2 aromatic rings. The highest BCUT2D eigenvalue weighted by Crippen LogP contribution is 2.26.